The zero-order valence-corrected chi connectivity index (χ0v) is 20.1. The highest BCUT2D eigenvalue weighted by molar-refractivity contribution is 7.92. The van der Waals surface area contributed by atoms with E-state index in [4.69, 9.17) is 0 Å². The van der Waals surface area contributed by atoms with E-state index in [0.29, 0.717) is 22.2 Å². The van der Waals surface area contributed by atoms with E-state index in [0.717, 1.165) is 5.56 Å². The second kappa shape index (κ2) is 9.89. The fourth-order valence-corrected chi connectivity index (χ4v) is 4.76. The Hall–Kier alpha value is -4.69. The molecular formula is C25H21N5O5S. The van der Waals surface area contributed by atoms with Crippen LogP contribution in [0.3, 0.4) is 0 Å². The van der Waals surface area contributed by atoms with Gasteiger partial charge in [0.05, 0.1) is 46.6 Å². The second-order valence-corrected chi connectivity index (χ2v) is 9.52. The van der Waals surface area contributed by atoms with E-state index in [1.54, 1.807) is 18.2 Å². The average Bonchev–Trinajstić information content (AvgIpc) is 3.34. The van der Waals surface area contributed by atoms with E-state index in [2.05, 4.69) is 30.8 Å². The van der Waals surface area contributed by atoms with Gasteiger partial charge in [-0.3, -0.25) is 14.5 Å². The molecule has 182 valence electrons. The van der Waals surface area contributed by atoms with Crippen LogP contribution in [0.4, 0.5) is 5.69 Å². The Labute approximate surface area is 207 Å². The number of fused-ring (bicyclic) bond motifs is 1. The number of ether oxygens (including phenoxy) is 1. The van der Waals surface area contributed by atoms with Crippen LogP contribution in [0.5, 0.6) is 0 Å². The SMILES string of the molecule is COC(=O)c1ccc(CNC(=O)c2cccc(S(=O)(=O)Nc3ccc(C)c4c(C#N)c[nH]c34)c2)nc1. The lowest BCUT2D eigenvalue weighted by atomic mass is 10.1. The zero-order valence-electron chi connectivity index (χ0n) is 19.3. The number of hydrogen-bond acceptors (Lipinski definition) is 7. The number of aryl methyl sites for hydroxylation is 1. The Kier molecular flexibility index (Phi) is 6.71. The predicted octanol–water partition coefficient (Wildman–Crippen LogP) is 3.26. The fourth-order valence-electron chi connectivity index (χ4n) is 3.64. The molecule has 2 aromatic carbocycles. The maximum absolute atomic E-state index is 13.1. The van der Waals surface area contributed by atoms with Crippen LogP contribution in [0.15, 0.2) is 65.8 Å². The summed E-state index contributed by atoms with van der Waals surface area (Å²) in [5, 5.41) is 12.6. The van der Waals surface area contributed by atoms with Gasteiger partial charge in [0.15, 0.2) is 0 Å². The summed E-state index contributed by atoms with van der Waals surface area (Å²) >= 11 is 0. The number of nitrogens with one attached hydrogen (secondary N) is 3. The number of hydrogen-bond donors (Lipinski definition) is 3. The van der Waals surface area contributed by atoms with Crippen molar-refractivity contribution in [3.63, 3.8) is 0 Å². The lowest BCUT2D eigenvalue weighted by molar-refractivity contribution is 0.0600. The molecule has 0 bridgehead atoms. The summed E-state index contributed by atoms with van der Waals surface area (Å²) in [4.78, 5) is 31.1. The Morgan fingerprint density at radius 2 is 1.94 bits per heavy atom. The van der Waals surface area contributed by atoms with Gasteiger partial charge in [-0.2, -0.15) is 5.26 Å². The first-order chi connectivity index (χ1) is 17.2. The molecule has 4 aromatic rings. The minimum absolute atomic E-state index is 0.0743. The van der Waals surface area contributed by atoms with Crippen molar-refractivity contribution in [1.82, 2.24) is 15.3 Å². The molecule has 2 heterocycles. The van der Waals surface area contributed by atoms with E-state index >= 15 is 0 Å². The number of methoxy groups -OCH3 is 1. The summed E-state index contributed by atoms with van der Waals surface area (Å²) in [6.07, 6.45) is 2.87. The Morgan fingerprint density at radius 3 is 2.64 bits per heavy atom. The molecule has 2 aromatic heterocycles. The van der Waals surface area contributed by atoms with E-state index < -0.39 is 21.9 Å². The molecular weight excluding hydrogens is 482 g/mol. The third kappa shape index (κ3) is 4.89. The van der Waals surface area contributed by atoms with Crippen molar-refractivity contribution >= 4 is 38.5 Å². The number of aromatic nitrogens is 2. The lowest BCUT2D eigenvalue weighted by Gasteiger charge is -2.11. The predicted molar refractivity (Wildman–Crippen MR) is 132 cm³/mol. The van der Waals surface area contributed by atoms with Crippen LogP contribution in [0.2, 0.25) is 0 Å². The standard InChI is InChI=1S/C25H21N5O5S/c1-15-6-9-21(23-22(15)18(11-26)13-28-23)30-36(33,34)20-5-3-4-16(10-20)24(31)29-14-19-8-7-17(12-27-19)25(32)35-2/h3-10,12-13,28,30H,14H2,1-2H3,(H,29,31). The summed E-state index contributed by atoms with van der Waals surface area (Å²) < 4.78 is 33.4. The van der Waals surface area contributed by atoms with E-state index in [9.17, 15) is 23.3 Å². The number of rotatable bonds is 7. The molecule has 4 rings (SSSR count). The average molecular weight is 504 g/mol. The van der Waals surface area contributed by atoms with Crippen molar-refractivity contribution in [2.24, 2.45) is 0 Å². The zero-order chi connectivity index (χ0) is 25.9. The number of pyridine rings is 1. The number of carbonyl (C=O) groups excluding carboxylic acids is 2. The van der Waals surface area contributed by atoms with E-state index in [1.807, 2.05) is 6.92 Å². The Bertz CT molecular complexity index is 1620. The fraction of sp³-hybridized carbons (Fsp3) is 0.120. The number of esters is 1. The van der Waals surface area contributed by atoms with Crippen molar-refractivity contribution in [2.75, 3.05) is 11.8 Å². The maximum Gasteiger partial charge on any atom is 0.339 e. The van der Waals surface area contributed by atoms with Crippen LogP contribution in [-0.2, 0) is 21.3 Å². The van der Waals surface area contributed by atoms with Gasteiger partial charge in [-0.05, 0) is 48.9 Å². The largest absolute Gasteiger partial charge is 0.465 e. The Morgan fingerprint density at radius 1 is 1.14 bits per heavy atom. The quantitative estimate of drug-likeness (QED) is 0.327. The lowest BCUT2D eigenvalue weighted by Crippen LogP contribution is -2.24. The smallest absolute Gasteiger partial charge is 0.339 e. The number of sulfonamides is 1. The first-order valence-corrected chi connectivity index (χ1v) is 12.2. The van der Waals surface area contributed by atoms with Gasteiger partial charge in [-0.25, -0.2) is 13.2 Å². The third-order valence-corrected chi connectivity index (χ3v) is 6.85. The second-order valence-electron chi connectivity index (χ2n) is 7.84. The third-order valence-electron chi connectivity index (χ3n) is 5.49. The Balaban J connectivity index is 1.51. The van der Waals surface area contributed by atoms with Crippen LogP contribution < -0.4 is 10.0 Å². The molecule has 0 saturated heterocycles. The topological polar surface area (TPSA) is 154 Å². The molecule has 0 aliphatic rings. The van der Waals surface area contributed by atoms with Crippen LogP contribution in [0.1, 0.15) is 37.5 Å². The van der Waals surface area contributed by atoms with Crippen molar-refractivity contribution in [3.05, 3.63) is 88.9 Å². The van der Waals surface area contributed by atoms with Crippen molar-refractivity contribution in [3.8, 4) is 6.07 Å². The molecule has 0 spiro atoms. The molecule has 0 saturated carbocycles. The summed E-state index contributed by atoms with van der Waals surface area (Å²) in [6, 6.07) is 14.2. The van der Waals surface area contributed by atoms with Crippen LogP contribution in [0.25, 0.3) is 10.9 Å². The van der Waals surface area contributed by atoms with E-state index in [1.165, 1.54) is 49.8 Å². The van der Waals surface area contributed by atoms with Crippen LogP contribution in [-0.4, -0.2) is 37.4 Å². The van der Waals surface area contributed by atoms with Crippen molar-refractivity contribution < 1.29 is 22.7 Å². The highest BCUT2D eigenvalue weighted by Gasteiger charge is 2.19. The first kappa shape index (κ1) is 24.4. The molecule has 0 radical (unpaired) electrons. The minimum atomic E-state index is -4.04. The van der Waals surface area contributed by atoms with Gasteiger partial charge >= 0.3 is 5.97 Å². The van der Waals surface area contributed by atoms with Crippen molar-refractivity contribution in [1.29, 1.82) is 5.26 Å². The van der Waals surface area contributed by atoms with E-state index in [-0.39, 0.29) is 28.3 Å². The molecule has 0 aliphatic heterocycles. The van der Waals surface area contributed by atoms with Gasteiger partial charge in [0.2, 0.25) is 0 Å². The van der Waals surface area contributed by atoms with Gasteiger partial charge < -0.3 is 15.0 Å². The molecule has 36 heavy (non-hydrogen) atoms. The van der Waals surface area contributed by atoms with Crippen molar-refractivity contribution in [2.45, 2.75) is 18.4 Å². The summed E-state index contributed by atoms with van der Waals surface area (Å²) in [5.74, 6) is -1.01. The van der Waals surface area contributed by atoms with Gasteiger partial charge in [0, 0.05) is 23.3 Å². The number of nitrogens with zero attached hydrogens (tertiary/aromatic N) is 2. The number of aromatic amines is 1. The summed E-state index contributed by atoms with van der Waals surface area (Å²) in [7, 11) is -2.77. The van der Waals surface area contributed by atoms with Crippen LogP contribution >= 0.6 is 0 Å². The molecule has 3 N–H and O–H groups in total. The number of benzene rings is 2. The van der Waals surface area contributed by atoms with Gasteiger partial charge in [-0.15, -0.1) is 0 Å². The number of nitriles is 1. The number of anilines is 1. The monoisotopic (exact) mass is 503 g/mol. The van der Waals surface area contributed by atoms with Gasteiger partial charge in [0.25, 0.3) is 15.9 Å². The number of amides is 1. The van der Waals surface area contributed by atoms with Gasteiger partial charge in [0.1, 0.15) is 6.07 Å². The summed E-state index contributed by atoms with van der Waals surface area (Å²) in [6.45, 7) is 1.91. The molecule has 11 heteroatoms. The molecule has 10 nitrogen and oxygen atoms in total. The normalized spacial score (nSPS) is 11.0. The molecule has 0 atom stereocenters. The molecule has 0 aliphatic carbocycles. The van der Waals surface area contributed by atoms with Crippen LogP contribution in [0, 0.1) is 18.3 Å². The first-order valence-electron chi connectivity index (χ1n) is 10.7. The molecule has 0 fully saturated rings. The summed E-state index contributed by atoms with van der Waals surface area (Å²) in [5.41, 5.74) is 2.96. The molecule has 0 unspecified atom stereocenters. The number of carbonyl (C=O) groups is 2. The highest BCUT2D eigenvalue weighted by Crippen LogP contribution is 2.30. The molecule has 1 amide bonds. The van der Waals surface area contributed by atoms with Gasteiger partial charge in [-0.1, -0.05) is 12.1 Å². The highest BCUT2D eigenvalue weighted by atomic mass is 32.2. The maximum atomic E-state index is 13.1. The minimum Gasteiger partial charge on any atom is -0.465 e. The number of H-pyrrole nitrogens is 1.